The van der Waals surface area contributed by atoms with Crippen LogP contribution >= 0.6 is 15.9 Å². The van der Waals surface area contributed by atoms with Gasteiger partial charge in [-0.05, 0) is 49.2 Å². The number of rotatable bonds is 4. The van der Waals surface area contributed by atoms with Crippen molar-refractivity contribution in [1.82, 2.24) is 9.55 Å². The molecule has 0 fully saturated rings. The molecule has 1 rings (SSSR count). The third kappa shape index (κ3) is 2.89. The summed E-state index contributed by atoms with van der Waals surface area (Å²) in [7, 11) is 0. The number of hydrogen-bond donors (Lipinski definition) is 1. The Hall–Kier alpha value is -0.680. The van der Waals surface area contributed by atoms with E-state index in [4.69, 9.17) is 5.73 Å². The summed E-state index contributed by atoms with van der Waals surface area (Å²) in [6, 6.07) is 0. The summed E-state index contributed by atoms with van der Waals surface area (Å²) in [5.74, 6) is 0. The summed E-state index contributed by atoms with van der Waals surface area (Å²) in [5.41, 5.74) is 6.91. The van der Waals surface area contributed by atoms with Gasteiger partial charge in [0.05, 0.1) is 10.2 Å². The van der Waals surface area contributed by atoms with E-state index in [9.17, 15) is 4.79 Å². The normalized spacial score (nSPS) is 10.7. The maximum atomic E-state index is 11.6. The van der Waals surface area contributed by atoms with Gasteiger partial charge in [0.1, 0.15) is 0 Å². The first-order valence-electron chi connectivity index (χ1n) is 5.01. The van der Waals surface area contributed by atoms with Crippen LogP contribution in [0.2, 0.25) is 0 Å². The van der Waals surface area contributed by atoms with Crippen molar-refractivity contribution in [3.8, 4) is 0 Å². The highest BCUT2D eigenvalue weighted by molar-refractivity contribution is 9.10. The molecule has 4 nitrogen and oxygen atoms in total. The van der Waals surface area contributed by atoms with Crippen molar-refractivity contribution in [3.63, 3.8) is 0 Å². The monoisotopic (exact) mass is 273 g/mol. The largest absolute Gasteiger partial charge is 0.348 e. The fraction of sp³-hybridized carbons (Fsp3) is 0.600. The number of halogens is 1. The van der Waals surface area contributed by atoms with Gasteiger partial charge < -0.3 is 5.73 Å². The quantitative estimate of drug-likeness (QED) is 0.843. The van der Waals surface area contributed by atoms with Crippen LogP contribution < -0.4 is 11.4 Å². The number of nitrogens with zero attached hydrogens (tertiary/aromatic N) is 2. The molecule has 1 heterocycles. The van der Waals surface area contributed by atoms with E-state index in [0.29, 0.717) is 13.1 Å². The van der Waals surface area contributed by atoms with Crippen molar-refractivity contribution in [2.45, 2.75) is 33.2 Å². The Morgan fingerprint density at radius 1 is 1.40 bits per heavy atom. The van der Waals surface area contributed by atoms with Crippen LogP contribution in [0, 0.1) is 13.8 Å². The van der Waals surface area contributed by atoms with Gasteiger partial charge in [0, 0.05) is 12.2 Å². The smallest absolute Gasteiger partial charge is 0.330 e. The summed E-state index contributed by atoms with van der Waals surface area (Å²) < 4.78 is 2.60. The van der Waals surface area contributed by atoms with Gasteiger partial charge in [0.15, 0.2) is 0 Å². The molecule has 5 heteroatoms. The highest BCUT2D eigenvalue weighted by Gasteiger charge is 2.08. The first-order valence-corrected chi connectivity index (χ1v) is 5.81. The maximum Gasteiger partial charge on any atom is 0.348 e. The van der Waals surface area contributed by atoms with Gasteiger partial charge in [-0.25, -0.2) is 4.79 Å². The van der Waals surface area contributed by atoms with Gasteiger partial charge in [0.2, 0.25) is 0 Å². The second-order valence-electron chi connectivity index (χ2n) is 3.53. The minimum atomic E-state index is -0.176. The highest BCUT2D eigenvalue weighted by atomic mass is 79.9. The van der Waals surface area contributed by atoms with Crippen LogP contribution in [-0.4, -0.2) is 16.1 Å². The number of nitrogens with two attached hydrogens (primary N) is 1. The lowest BCUT2D eigenvalue weighted by atomic mass is 10.3. The molecule has 0 aliphatic heterocycles. The molecule has 0 aromatic carbocycles. The van der Waals surface area contributed by atoms with Crippen LogP contribution in [-0.2, 0) is 6.54 Å². The summed E-state index contributed by atoms with van der Waals surface area (Å²) in [4.78, 5) is 15.5. The third-order valence-corrected chi connectivity index (χ3v) is 3.52. The molecule has 0 bridgehead atoms. The Balaban J connectivity index is 2.97. The molecule has 2 N–H and O–H groups in total. The molecule has 0 amide bonds. The molecule has 0 aliphatic carbocycles. The van der Waals surface area contributed by atoms with Crippen LogP contribution in [0.4, 0.5) is 0 Å². The molecule has 0 saturated carbocycles. The van der Waals surface area contributed by atoms with E-state index >= 15 is 0 Å². The predicted molar refractivity (Wildman–Crippen MR) is 64.0 cm³/mol. The summed E-state index contributed by atoms with van der Waals surface area (Å²) in [6.45, 7) is 5.09. The molecule has 0 spiro atoms. The van der Waals surface area contributed by atoms with Crippen LogP contribution in [0.3, 0.4) is 0 Å². The van der Waals surface area contributed by atoms with E-state index in [0.717, 1.165) is 28.7 Å². The van der Waals surface area contributed by atoms with Gasteiger partial charge in [-0.2, -0.15) is 4.98 Å². The lowest BCUT2D eigenvalue weighted by Gasteiger charge is -2.11. The first kappa shape index (κ1) is 12.4. The molecule has 0 radical (unpaired) electrons. The van der Waals surface area contributed by atoms with Gasteiger partial charge >= 0.3 is 5.69 Å². The lowest BCUT2D eigenvalue weighted by Crippen LogP contribution is -2.26. The average molecular weight is 274 g/mol. The number of aromatic nitrogens is 2. The molecule has 0 saturated heterocycles. The fourth-order valence-corrected chi connectivity index (χ4v) is 1.76. The van der Waals surface area contributed by atoms with Gasteiger partial charge in [0.25, 0.3) is 0 Å². The Morgan fingerprint density at radius 3 is 2.67 bits per heavy atom. The molecular weight excluding hydrogens is 258 g/mol. The van der Waals surface area contributed by atoms with Crippen molar-refractivity contribution in [3.05, 3.63) is 26.3 Å². The Bertz CT molecular complexity index is 400. The Morgan fingerprint density at radius 2 is 2.07 bits per heavy atom. The number of aryl methyl sites for hydroxylation is 1. The molecule has 0 aliphatic rings. The maximum absolute atomic E-state index is 11.6. The molecule has 15 heavy (non-hydrogen) atoms. The molecule has 1 aromatic heterocycles. The lowest BCUT2D eigenvalue weighted by molar-refractivity contribution is 0.569. The van der Waals surface area contributed by atoms with Gasteiger partial charge in [-0.3, -0.25) is 4.57 Å². The molecule has 0 unspecified atom stereocenters. The van der Waals surface area contributed by atoms with Crippen molar-refractivity contribution < 1.29 is 0 Å². The standard InChI is InChI=1S/C10H16BrN3O/c1-7-9(11)8(2)14(10(15)13-7)6-4-3-5-12/h3-6,12H2,1-2H3. The minimum absolute atomic E-state index is 0.176. The van der Waals surface area contributed by atoms with E-state index < -0.39 is 0 Å². The van der Waals surface area contributed by atoms with Crippen molar-refractivity contribution >= 4 is 15.9 Å². The van der Waals surface area contributed by atoms with E-state index in [-0.39, 0.29) is 5.69 Å². The van der Waals surface area contributed by atoms with Gasteiger partial charge in [-0.15, -0.1) is 0 Å². The summed E-state index contributed by atoms with van der Waals surface area (Å²) in [6.07, 6.45) is 1.84. The number of hydrogen-bond acceptors (Lipinski definition) is 3. The van der Waals surface area contributed by atoms with Crippen molar-refractivity contribution in [2.24, 2.45) is 5.73 Å². The van der Waals surface area contributed by atoms with Crippen LogP contribution in [0.5, 0.6) is 0 Å². The van der Waals surface area contributed by atoms with Crippen molar-refractivity contribution in [1.29, 1.82) is 0 Å². The van der Waals surface area contributed by atoms with Crippen LogP contribution in [0.25, 0.3) is 0 Å². The zero-order chi connectivity index (χ0) is 11.4. The third-order valence-electron chi connectivity index (χ3n) is 2.37. The Labute approximate surface area is 97.6 Å². The van der Waals surface area contributed by atoms with E-state index in [1.807, 2.05) is 13.8 Å². The number of unbranched alkanes of at least 4 members (excludes halogenated alkanes) is 1. The average Bonchev–Trinajstić information content (AvgIpc) is 2.20. The molecular formula is C10H16BrN3O. The SMILES string of the molecule is Cc1nc(=O)n(CCCCN)c(C)c1Br. The zero-order valence-corrected chi connectivity index (χ0v) is 10.7. The Kier molecular flexibility index (Phi) is 4.47. The molecule has 1 aromatic rings. The van der Waals surface area contributed by atoms with E-state index in [1.54, 1.807) is 4.57 Å². The topological polar surface area (TPSA) is 60.9 Å². The molecule has 0 atom stereocenters. The van der Waals surface area contributed by atoms with Crippen LogP contribution in [0.1, 0.15) is 24.2 Å². The summed E-state index contributed by atoms with van der Waals surface area (Å²) >= 11 is 3.43. The fourth-order valence-electron chi connectivity index (χ4n) is 1.45. The minimum Gasteiger partial charge on any atom is -0.330 e. The van der Waals surface area contributed by atoms with E-state index in [1.165, 1.54) is 0 Å². The first-order chi connectivity index (χ1) is 7.07. The van der Waals surface area contributed by atoms with Crippen LogP contribution in [0.15, 0.2) is 9.27 Å². The molecule has 84 valence electrons. The zero-order valence-electron chi connectivity index (χ0n) is 9.09. The predicted octanol–water partition coefficient (Wildman–Crippen LogP) is 1.36. The van der Waals surface area contributed by atoms with E-state index in [2.05, 4.69) is 20.9 Å². The van der Waals surface area contributed by atoms with Gasteiger partial charge in [-0.1, -0.05) is 0 Å². The second-order valence-corrected chi connectivity index (χ2v) is 4.32. The second kappa shape index (κ2) is 5.42. The summed E-state index contributed by atoms with van der Waals surface area (Å²) in [5, 5.41) is 0. The highest BCUT2D eigenvalue weighted by Crippen LogP contribution is 2.16. The van der Waals surface area contributed by atoms with Crippen molar-refractivity contribution in [2.75, 3.05) is 6.54 Å².